The average molecular weight is 279 g/mol. The highest BCUT2D eigenvalue weighted by Gasteiger charge is 2.43. The second-order valence-electron chi connectivity index (χ2n) is 6.00. The highest BCUT2D eigenvalue weighted by Crippen LogP contribution is 2.41. The van der Waals surface area contributed by atoms with Gasteiger partial charge in [-0.3, -0.25) is 4.90 Å². The zero-order chi connectivity index (χ0) is 13.2. The number of rotatable bonds is 5. The third-order valence-electron chi connectivity index (χ3n) is 4.73. The summed E-state index contributed by atoms with van der Waals surface area (Å²) in [5.41, 5.74) is 0. The quantitative estimate of drug-likeness (QED) is 0.897. The fraction of sp³-hybridized carbons (Fsp3) is 0.800. The van der Waals surface area contributed by atoms with Crippen molar-refractivity contribution in [1.29, 1.82) is 0 Å². The van der Waals surface area contributed by atoms with Crippen molar-refractivity contribution in [3.8, 4) is 0 Å². The summed E-state index contributed by atoms with van der Waals surface area (Å²) >= 11 is 1.80. The first-order chi connectivity index (χ1) is 9.29. The normalized spacial score (nSPS) is 32.6. The molecule has 3 nitrogen and oxygen atoms in total. The summed E-state index contributed by atoms with van der Waals surface area (Å²) in [5, 5.41) is 7.12. The van der Waals surface area contributed by atoms with Crippen LogP contribution in [0.2, 0.25) is 0 Å². The van der Waals surface area contributed by atoms with Crippen LogP contribution in [0.5, 0.6) is 0 Å². The number of aromatic nitrogens is 1. The van der Waals surface area contributed by atoms with Crippen molar-refractivity contribution < 1.29 is 0 Å². The predicted octanol–water partition coefficient (Wildman–Crippen LogP) is 3.20. The molecule has 4 heteroatoms. The minimum Gasteiger partial charge on any atom is -0.314 e. The van der Waals surface area contributed by atoms with E-state index in [-0.39, 0.29) is 0 Å². The standard InChI is InChI=1S/C15H25N3S/c1-3-6-16-12-9-13-4-5-14(10-12)18(13)11(2)15-17-7-8-19-15/h7-8,11-14,16H,3-6,9-10H2,1-2H3. The Morgan fingerprint density at radius 2 is 2.16 bits per heavy atom. The van der Waals surface area contributed by atoms with E-state index in [4.69, 9.17) is 0 Å². The van der Waals surface area contributed by atoms with Crippen molar-refractivity contribution in [3.63, 3.8) is 0 Å². The molecule has 1 aromatic rings. The van der Waals surface area contributed by atoms with Crippen LogP contribution in [0.4, 0.5) is 0 Å². The van der Waals surface area contributed by atoms with Gasteiger partial charge in [-0.15, -0.1) is 11.3 Å². The molecule has 2 aliphatic rings. The second-order valence-corrected chi connectivity index (χ2v) is 6.93. The van der Waals surface area contributed by atoms with Crippen LogP contribution < -0.4 is 5.32 Å². The van der Waals surface area contributed by atoms with E-state index in [1.54, 1.807) is 11.3 Å². The molecule has 2 bridgehead atoms. The van der Waals surface area contributed by atoms with Crippen molar-refractivity contribution in [2.75, 3.05) is 6.54 Å². The van der Waals surface area contributed by atoms with E-state index in [9.17, 15) is 0 Å². The molecule has 0 aromatic carbocycles. The maximum Gasteiger partial charge on any atom is 0.109 e. The first-order valence-electron chi connectivity index (χ1n) is 7.69. The number of fused-ring (bicyclic) bond motifs is 2. The van der Waals surface area contributed by atoms with Gasteiger partial charge in [0.1, 0.15) is 5.01 Å². The van der Waals surface area contributed by atoms with Gasteiger partial charge in [-0.2, -0.15) is 0 Å². The summed E-state index contributed by atoms with van der Waals surface area (Å²) in [7, 11) is 0. The molecule has 3 heterocycles. The molecule has 3 unspecified atom stereocenters. The van der Waals surface area contributed by atoms with Gasteiger partial charge in [0.25, 0.3) is 0 Å². The summed E-state index contributed by atoms with van der Waals surface area (Å²) in [5.74, 6) is 0. The Morgan fingerprint density at radius 3 is 2.74 bits per heavy atom. The van der Waals surface area contributed by atoms with Gasteiger partial charge in [0.15, 0.2) is 0 Å². The SMILES string of the molecule is CCCNC1CC2CCC(C1)N2C(C)c1nccs1. The molecule has 0 amide bonds. The van der Waals surface area contributed by atoms with Crippen LogP contribution in [0.25, 0.3) is 0 Å². The lowest BCUT2D eigenvalue weighted by atomic mass is 9.95. The molecule has 106 valence electrons. The summed E-state index contributed by atoms with van der Waals surface area (Å²) in [4.78, 5) is 7.27. The van der Waals surface area contributed by atoms with Gasteiger partial charge in [0.05, 0.1) is 6.04 Å². The first kappa shape index (κ1) is 13.5. The van der Waals surface area contributed by atoms with E-state index in [0.717, 1.165) is 18.1 Å². The fourth-order valence-corrected chi connectivity index (χ4v) is 4.63. The number of nitrogens with one attached hydrogen (secondary N) is 1. The van der Waals surface area contributed by atoms with E-state index < -0.39 is 0 Å². The Hall–Kier alpha value is -0.450. The molecule has 3 atom stereocenters. The van der Waals surface area contributed by atoms with Crippen LogP contribution >= 0.6 is 11.3 Å². The highest BCUT2D eigenvalue weighted by molar-refractivity contribution is 7.09. The van der Waals surface area contributed by atoms with Crippen LogP contribution in [0.3, 0.4) is 0 Å². The number of hydrogen-bond donors (Lipinski definition) is 1. The molecule has 19 heavy (non-hydrogen) atoms. The van der Waals surface area contributed by atoms with Gasteiger partial charge in [-0.25, -0.2) is 4.98 Å². The second kappa shape index (κ2) is 5.90. The summed E-state index contributed by atoms with van der Waals surface area (Å²) in [6, 6.07) is 2.79. The topological polar surface area (TPSA) is 28.2 Å². The molecular weight excluding hydrogens is 254 g/mol. The first-order valence-corrected chi connectivity index (χ1v) is 8.57. The van der Waals surface area contributed by atoms with Crippen molar-refractivity contribution >= 4 is 11.3 Å². The lowest BCUT2D eigenvalue weighted by molar-refractivity contribution is 0.0770. The Kier molecular flexibility index (Phi) is 4.20. The number of thiazole rings is 1. The van der Waals surface area contributed by atoms with E-state index in [1.807, 2.05) is 6.20 Å². The van der Waals surface area contributed by atoms with Crippen LogP contribution in [0, 0.1) is 0 Å². The smallest absolute Gasteiger partial charge is 0.109 e. The highest BCUT2D eigenvalue weighted by atomic mass is 32.1. The molecule has 1 N–H and O–H groups in total. The van der Waals surface area contributed by atoms with E-state index >= 15 is 0 Å². The minimum absolute atomic E-state index is 0.504. The largest absolute Gasteiger partial charge is 0.314 e. The summed E-state index contributed by atoms with van der Waals surface area (Å²) < 4.78 is 0. The third-order valence-corrected chi connectivity index (χ3v) is 5.67. The number of piperidine rings is 1. The zero-order valence-electron chi connectivity index (χ0n) is 12.0. The molecule has 0 spiro atoms. The molecule has 3 rings (SSSR count). The Morgan fingerprint density at radius 1 is 1.42 bits per heavy atom. The fourth-order valence-electron chi connectivity index (χ4n) is 3.93. The van der Waals surface area contributed by atoms with Crippen molar-refractivity contribution in [2.24, 2.45) is 0 Å². The molecule has 2 saturated heterocycles. The number of nitrogens with zero attached hydrogens (tertiary/aromatic N) is 2. The lowest BCUT2D eigenvalue weighted by Gasteiger charge is -2.42. The van der Waals surface area contributed by atoms with Crippen LogP contribution in [-0.4, -0.2) is 34.6 Å². The third kappa shape index (κ3) is 2.71. The van der Waals surface area contributed by atoms with Gasteiger partial charge < -0.3 is 5.32 Å². The van der Waals surface area contributed by atoms with Crippen LogP contribution in [0.15, 0.2) is 11.6 Å². The molecule has 0 saturated carbocycles. The van der Waals surface area contributed by atoms with Gasteiger partial charge in [0.2, 0.25) is 0 Å². The van der Waals surface area contributed by atoms with Crippen LogP contribution in [-0.2, 0) is 0 Å². The average Bonchev–Trinajstić information content (AvgIpc) is 3.03. The Labute approximate surface area is 120 Å². The monoisotopic (exact) mass is 279 g/mol. The van der Waals surface area contributed by atoms with Gasteiger partial charge in [-0.1, -0.05) is 6.92 Å². The maximum atomic E-state index is 4.52. The van der Waals surface area contributed by atoms with Gasteiger partial charge in [0, 0.05) is 29.7 Å². The van der Waals surface area contributed by atoms with E-state index in [0.29, 0.717) is 6.04 Å². The molecular formula is C15H25N3S. The molecule has 2 aliphatic heterocycles. The van der Waals surface area contributed by atoms with Crippen molar-refractivity contribution in [3.05, 3.63) is 16.6 Å². The molecule has 0 aliphatic carbocycles. The molecule has 1 aromatic heterocycles. The van der Waals surface area contributed by atoms with E-state index in [2.05, 4.69) is 34.4 Å². The molecule has 2 fully saturated rings. The maximum absolute atomic E-state index is 4.52. The van der Waals surface area contributed by atoms with Gasteiger partial charge >= 0.3 is 0 Å². The summed E-state index contributed by atoms with van der Waals surface area (Å²) in [6.07, 6.45) is 8.59. The predicted molar refractivity (Wildman–Crippen MR) is 80.5 cm³/mol. The Bertz CT molecular complexity index is 378. The minimum atomic E-state index is 0.504. The Balaban J connectivity index is 1.66. The number of hydrogen-bond acceptors (Lipinski definition) is 4. The van der Waals surface area contributed by atoms with Gasteiger partial charge in [-0.05, 0) is 45.6 Å². The van der Waals surface area contributed by atoms with E-state index in [1.165, 1.54) is 43.7 Å². The molecule has 0 radical (unpaired) electrons. The summed E-state index contributed by atoms with van der Waals surface area (Å²) in [6.45, 7) is 5.76. The zero-order valence-corrected chi connectivity index (χ0v) is 12.8. The van der Waals surface area contributed by atoms with Crippen molar-refractivity contribution in [1.82, 2.24) is 15.2 Å². The van der Waals surface area contributed by atoms with Crippen molar-refractivity contribution in [2.45, 2.75) is 70.1 Å². The van der Waals surface area contributed by atoms with Crippen LogP contribution in [0.1, 0.15) is 57.0 Å². The lowest BCUT2D eigenvalue weighted by Crippen LogP contribution is -2.49.